The van der Waals surface area contributed by atoms with E-state index < -0.39 is 0 Å². The van der Waals surface area contributed by atoms with E-state index in [0.717, 1.165) is 16.7 Å². The van der Waals surface area contributed by atoms with E-state index >= 15 is 0 Å². The average molecular weight is 390 g/mol. The molecule has 2 heterocycles. The Balaban J connectivity index is 1.76. The molecule has 130 valence electrons. The third-order valence-corrected chi connectivity index (χ3v) is 5.25. The summed E-state index contributed by atoms with van der Waals surface area (Å²) in [5, 5.41) is 11.7. The van der Waals surface area contributed by atoms with Gasteiger partial charge in [0.05, 0.1) is 22.1 Å². The van der Waals surface area contributed by atoms with Crippen LogP contribution in [0.5, 0.6) is 0 Å². The summed E-state index contributed by atoms with van der Waals surface area (Å²) in [6, 6.07) is 18.8. The van der Waals surface area contributed by atoms with Crippen LogP contribution < -0.4 is 5.56 Å². The summed E-state index contributed by atoms with van der Waals surface area (Å²) in [5.41, 5.74) is 3.01. The Hall–Kier alpha value is -3.20. The highest BCUT2D eigenvalue weighted by molar-refractivity contribution is 7.17. The van der Waals surface area contributed by atoms with Gasteiger partial charge in [0.15, 0.2) is 5.82 Å². The topological polar surface area (TPSA) is 69.5 Å². The van der Waals surface area contributed by atoms with Gasteiger partial charge in [-0.15, -0.1) is 11.3 Å². The Bertz CT molecular complexity index is 1250. The van der Waals surface area contributed by atoms with Crippen molar-refractivity contribution < 1.29 is 0 Å². The summed E-state index contributed by atoms with van der Waals surface area (Å²) in [5.74, 6) is 0.319. The maximum absolute atomic E-state index is 12.7. The lowest BCUT2D eigenvalue weighted by atomic mass is 10.1. The average Bonchev–Trinajstić information content (AvgIpc) is 3.14. The standard InChI is InChI=1S/C21H12ClN3OS/c22-17(10-13-6-8-14(11-23)9-7-13)19-24-20(26)18-16(12-27-21(18)25-19)15-4-2-1-3-5-15/h1-10,12H,(H,24,25,26). The summed E-state index contributed by atoms with van der Waals surface area (Å²) in [7, 11) is 0. The third kappa shape index (κ3) is 3.41. The number of aromatic amines is 1. The summed E-state index contributed by atoms with van der Waals surface area (Å²) < 4.78 is 0. The minimum absolute atomic E-state index is 0.221. The van der Waals surface area contributed by atoms with Crippen molar-refractivity contribution in [3.05, 3.63) is 87.3 Å². The fraction of sp³-hybridized carbons (Fsp3) is 0. The maximum Gasteiger partial charge on any atom is 0.260 e. The molecular formula is C21H12ClN3OS. The Labute approximate surface area is 164 Å². The zero-order valence-electron chi connectivity index (χ0n) is 13.9. The van der Waals surface area contributed by atoms with Crippen molar-refractivity contribution in [1.82, 2.24) is 9.97 Å². The molecule has 0 aliphatic heterocycles. The first kappa shape index (κ1) is 17.2. The van der Waals surface area contributed by atoms with E-state index in [1.807, 2.05) is 35.7 Å². The van der Waals surface area contributed by atoms with Gasteiger partial charge in [-0.3, -0.25) is 4.79 Å². The molecule has 0 saturated carbocycles. The lowest BCUT2D eigenvalue weighted by Gasteiger charge is -2.02. The highest BCUT2D eigenvalue weighted by Crippen LogP contribution is 2.31. The minimum atomic E-state index is -0.221. The molecular weight excluding hydrogens is 378 g/mol. The van der Waals surface area contributed by atoms with Crippen LogP contribution in [-0.2, 0) is 0 Å². The van der Waals surface area contributed by atoms with Crippen molar-refractivity contribution in [2.24, 2.45) is 0 Å². The molecule has 0 amide bonds. The number of halogens is 1. The minimum Gasteiger partial charge on any atom is -0.305 e. The van der Waals surface area contributed by atoms with Gasteiger partial charge in [0.1, 0.15) is 4.83 Å². The summed E-state index contributed by atoms with van der Waals surface area (Å²) in [4.78, 5) is 20.6. The second-order valence-corrected chi connectivity index (χ2v) is 7.10. The molecule has 0 fully saturated rings. The number of hydrogen-bond donors (Lipinski definition) is 1. The van der Waals surface area contributed by atoms with Gasteiger partial charge in [0, 0.05) is 10.9 Å². The zero-order chi connectivity index (χ0) is 18.8. The Morgan fingerprint density at radius 3 is 2.59 bits per heavy atom. The molecule has 4 rings (SSSR count). The Morgan fingerprint density at radius 1 is 1.15 bits per heavy atom. The first-order valence-corrected chi connectivity index (χ1v) is 9.36. The molecule has 0 unspecified atom stereocenters. The fourth-order valence-electron chi connectivity index (χ4n) is 2.76. The van der Waals surface area contributed by atoms with E-state index in [0.29, 0.717) is 26.6 Å². The van der Waals surface area contributed by atoms with E-state index in [2.05, 4.69) is 16.0 Å². The van der Waals surface area contributed by atoms with E-state index in [-0.39, 0.29) is 5.56 Å². The second-order valence-electron chi connectivity index (χ2n) is 5.84. The van der Waals surface area contributed by atoms with Crippen LogP contribution in [0.25, 0.3) is 32.5 Å². The molecule has 0 radical (unpaired) electrons. The number of nitriles is 1. The van der Waals surface area contributed by atoms with Gasteiger partial charge in [-0.1, -0.05) is 54.1 Å². The van der Waals surface area contributed by atoms with Crippen LogP contribution in [-0.4, -0.2) is 9.97 Å². The van der Waals surface area contributed by atoms with Crippen LogP contribution in [0, 0.1) is 11.3 Å². The third-order valence-electron chi connectivity index (χ3n) is 4.09. The monoisotopic (exact) mass is 389 g/mol. The summed E-state index contributed by atoms with van der Waals surface area (Å²) in [6.07, 6.45) is 1.71. The summed E-state index contributed by atoms with van der Waals surface area (Å²) in [6.45, 7) is 0. The molecule has 27 heavy (non-hydrogen) atoms. The number of nitrogens with one attached hydrogen (secondary N) is 1. The van der Waals surface area contributed by atoms with Crippen molar-refractivity contribution >= 4 is 44.3 Å². The number of nitrogens with zero attached hydrogens (tertiary/aromatic N) is 2. The van der Waals surface area contributed by atoms with Gasteiger partial charge in [-0.25, -0.2) is 4.98 Å². The lowest BCUT2D eigenvalue weighted by molar-refractivity contribution is 1.14. The molecule has 2 aromatic heterocycles. The van der Waals surface area contributed by atoms with Crippen LogP contribution >= 0.6 is 22.9 Å². The van der Waals surface area contributed by atoms with Crippen molar-refractivity contribution in [3.63, 3.8) is 0 Å². The first-order chi connectivity index (χ1) is 13.2. The quantitative estimate of drug-likeness (QED) is 0.519. The second kappa shape index (κ2) is 7.20. The van der Waals surface area contributed by atoms with Crippen LogP contribution in [0.1, 0.15) is 17.0 Å². The molecule has 0 saturated heterocycles. The number of H-pyrrole nitrogens is 1. The predicted octanol–water partition coefficient (Wildman–Crippen LogP) is 5.26. The van der Waals surface area contributed by atoms with Crippen molar-refractivity contribution in [1.29, 1.82) is 5.26 Å². The number of hydrogen-bond acceptors (Lipinski definition) is 4. The van der Waals surface area contributed by atoms with E-state index in [4.69, 9.17) is 16.9 Å². The van der Waals surface area contributed by atoms with Gasteiger partial charge < -0.3 is 4.98 Å². The number of thiophene rings is 1. The van der Waals surface area contributed by atoms with E-state index in [1.165, 1.54) is 11.3 Å². The van der Waals surface area contributed by atoms with Crippen LogP contribution in [0.4, 0.5) is 0 Å². The van der Waals surface area contributed by atoms with Gasteiger partial charge in [-0.2, -0.15) is 5.26 Å². The van der Waals surface area contributed by atoms with Gasteiger partial charge >= 0.3 is 0 Å². The normalized spacial score (nSPS) is 11.5. The number of aromatic nitrogens is 2. The molecule has 0 atom stereocenters. The van der Waals surface area contributed by atoms with Gasteiger partial charge in [0.25, 0.3) is 5.56 Å². The van der Waals surface area contributed by atoms with Crippen molar-refractivity contribution in [3.8, 4) is 17.2 Å². The molecule has 4 nitrogen and oxygen atoms in total. The highest BCUT2D eigenvalue weighted by atomic mass is 35.5. The molecule has 0 aliphatic rings. The zero-order valence-corrected chi connectivity index (χ0v) is 15.5. The van der Waals surface area contributed by atoms with Crippen LogP contribution in [0.3, 0.4) is 0 Å². The molecule has 2 aromatic carbocycles. The SMILES string of the molecule is N#Cc1ccc(C=C(Cl)c2nc3scc(-c4ccccc4)c3c(=O)[nH]2)cc1. The van der Waals surface area contributed by atoms with Crippen LogP contribution in [0.15, 0.2) is 64.8 Å². The largest absolute Gasteiger partial charge is 0.305 e. The van der Waals surface area contributed by atoms with Crippen LogP contribution in [0.2, 0.25) is 0 Å². The molecule has 4 aromatic rings. The molecule has 1 N–H and O–H groups in total. The smallest absolute Gasteiger partial charge is 0.260 e. The Morgan fingerprint density at radius 2 is 1.89 bits per heavy atom. The molecule has 0 bridgehead atoms. The fourth-order valence-corrected chi connectivity index (χ4v) is 3.92. The van der Waals surface area contributed by atoms with Crippen molar-refractivity contribution in [2.75, 3.05) is 0 Å². The summed E-state index contributed by atoms with van der Waals surface area (Å²) >= 11 is 7.79. The number of benzene rings is 2. The van der Waals surface area contributed by atoms with E-state index in [1.54, 1.807) is 30.3 Å². The first-order valence-electron chi connectivity index (χ1n) is 8.10. The highest BCUT2D eigenvalue weighted by Gasteiger charge is 2.14. The maximum atomic E-state index is 12.7. The van der Waals surface area contributed by atoms with Gasteiger partial charge in [0.2, 0.25) is 0 Å². The predicted molar refractivity (Wildman–Crippen MR) is 111 cm³/mol. The lowest BCUT2D eigenvalue weighted by Crippen LogP contribution is -2.10. The molecule has 0 spiro atoms. The number of fused-ring (bicyclic) bond motifs is 1. The Kier molecular flexibility index (Phi) is 4.59. The number of rotatable bonds is 3. The van der Waals surface area contributed by atoms with Crippen molar-refractivity contribution in [2.45, 2.75) is 0 Å². The molecule has 6 heteroatoms. The van der Waals surface area contributed by atoms with Gasteiger partial charge in [-0.05, 0) is 29.3 Å². The van der Waals surface area contributed by atoms with E-state index in [9.17, 15) is 4.79 Å². The molecule has 0 aliphatic carbocycles.